The number of oxime groups is 1. The number of para-hydroxylation sites is 2. The lowest BCUT2D eigenvalue weighted by Gasteiger charge is -2.47. The number of carbonyl (C=O) groups excluding carboxylic acids is 1. The Balaban J connectivity index is 1.45. The molecule has 2 aliphatic rings. The first-order valence-electron chi connectivity index (χ1n) is 15.4. The summed E-state index contributed by atoms with van der Waals surface area (Å²) in [4.78, 5) is 38.2. The summed E-state index contributed by atoms with van der Waals surface area (Å²) in [6.07, 6.45) is 1.18. The lowest BCUT2D eigenvalue weighted by molar-refractivity contribution is -0.137. The number of hydrogen-bond acceptors (Lipinski definition) is 10. The standard InChI is InChI=1S/C35H40N4O7/c1-22(39(27-13-8-7-12-26(27)36)28-21-46-35(20-30(35)37-43)33(38-44)32(28)42)34(2,3)19-23-15-16-25(24-10-5-4-6-11-24)29(18-23)45-17-9-14-31(40)41/h4-8,10-13,15-16,18,22,28,30,44H,9,14,17,19-21,36H2,1-3H3,(H,40,41)/t22?,28?,30-,35-/m1/s1. The molecule has 1 aliphatic carbocycles. The third-order valence-corrected chi connectivity index (χ3v) is 9.22. The number of benzene rings is 3. The average Bonchev–Trinajstić information content (AvgIpc) is 3.74. The van der Waals surface area contributed by atoms with Gasteiger partial charge >= 0.3 is 5.97 Å². The van der Waals surface area contributed by atoms with Gasteiger partial charge in [-0.15, -0.1) is 0 Å². The second-order valence-corrected chi connectivity index (χ2v) is 12.7. The summed E-state index contributed by atoms with van der Waals surface area (Å²) in [6.45, 7) is 6.46. The Morgan fingerprint density at radius 1 is 1.15 bits per heavy atom. The van der Waals surface area contributed by atoms with Crippen molar-refractivity contribution in [1.29, 1.82) is 0 Å². The minimum atomic E-state index is -1.28. The fraction of sp³-hybridized carbons (Fsp3) is 0.400. The van der Waals surface area contributed by atoms with Crippen molar-refractivity contribution in [3.63, 3.8) is 0 Å². The van der Waals surface area contributed by atoms with Crippen LogP contribution in [0.15, 0.2) is 83.1 Å². The maximum Gasteiger partial charge on any atom is 0.303 e. The minimum Gasteiger partial charge on any atom is -0.493 e. The van der Waals surface area contributed by atoms with Crippen LogP contribution in [0.3, 0.4) is 0 Å². The van der Waals surface area contributed by atoms with Crippen LogP contribution in [0, 0.1) is 10.3 Å². The largest absolute Gasteiger partial charge is 0.493 e. The maximum atomic E-state index is 13.9. The highest BCUT2D eigenvalue weighted by Crippen LogP contribution is 2.48. The second kappa shape index (κ2) is 13.3. The highest BCUT2D eigenvalue weighted by Gasteiger charge is 2.67. The van der Waals surface area contributed by atoms with Crippen LogP contribution in [-0.2, 0) is 20.7 Å². The Bertz CT molecular complexity index is 1630. The first-order valence-corrected chi connectivity index (χ1v) is 15.4. The van der Waals surface area contributed by atoms with E-state index in [9.17, 15) is 19.7 Å². The predicted molar refractivity (Wildman–Crippen MR) is 175 cm³/mol. The number of nitrogen functional groups attached to an aromatic ring is 1. The van der Waals surface area contributed by atoms with Gasteiger partial charge < -0.3 is 30.4 Å². The lowest BCUT2D eigenvalue weighted by Crippen LogP contribution is -2.61. The molecule has 0 radical (unpaired) electrons. The highest BCUT2D eigenvalue weighted by molar-refractivity contribution is 6.46. The third kappa shape index (κ3) is 6.46. The lowest BCUT2D eigenvalue weighted by atomic mass is 9.77. The fourth-order valence-electron chi connectivity index (χ4n) is 6.32. The molecular weight excluding hydrogens is 588 g/mol. The normalized spacial score (nSPS) is 22.4. The molecule has 11 nitrogen and oxygen atoms in total. The number of nitrogens with two attached hydrogens (primary N) is 1. The van der Waals surface area contributed by atoms with Gasteiger partial charge in [0, 0.05) is 24.4 Å². The number of ketones is 1. The number of anilines is 2. The van der Waals surface area contributed by atoms with Crippen LogP contribution in [-0.4, -0.2) is 64.7 Å². The Hall–Kier alpha value is -4.77. The second-order valence-electron chi connectivity index (χ2n) is 12.7. The van der Waals surface area contributed by atoms with Crippen molar-refractivity contribution in [2.24, 2.45) is 15.7 Å². The quantitative estimate of drug-likeness (QED) is 0.0706. The van der Waals surface area contributed by atoms with Gasteiger partial charge in [0.1, 0.15) is 23.4 Å². The molecule has 0 amide bonds. The molecule has 3 aromatic rings. The molecule has 3 aromatic carbocycles. The van der Waals surface area contributed by atoms with Gasteiger partial charge in [-0.1, -0.05) is 78.8 Å². The van der Waals surface area contributed by atoms with Gasteiger partial charge in [-0.3, -0.25) is 9.59 Å². The number of hydrogen-bond donors (Lipinski definition) is 3. The van der Waals surface area contributed by atoms with Crippen LogP contribution in [0.2, 0.25) is 0 Å². The van der Waals surface area contributed by atoms with Gasteiger partial charge in [-0.05, 0) is 54.5 Å². The van der Waals surface area contributed by atoms with E-state index in [0.717, 1.165) is 16.7 Å². The highest BCUT2D eigenvalue weighted by atomic mass is 16.5. The van der Waals surface area contributed by atoms with Gasteiger partial charge in [-0.2, -0.15) is 4.91 Å². The van der Waals surface area contributed by atoms with E-state index in [4.69, 9.17) is 20.3 Å². The molecule has 1 saturated heterocycles. The summed E-state index contributed by atoms with van der Waals surface area (Å²) in [5.41, 5.74) is 8.53. The number of carbonyl (C=O) groups is 2. The molecule has 11 heteroatoms. The molecule has 46 heavy (non-hydrogen) atoms. The number of nitroso groups, excluding NO2 is 1. The van der Waals surface area contributed by atoms with Crippen molar-refractivity contribution in [1.82, 2.24) is 0 Å². The molecule has 1 spiro atoms. The number of carboxylic acids is 1. The SMILES string of the molecule is CC(N(c1ccccc1N)C1CO[C@@]2(C[C@H]2N=O)C(=NO)C1=O)C(C)(C)Cc1ccc(-c2ccccc2)c(OCCCC(=O)O)c1. The summed E-state index contributed by atoms with van der Waals surface area (Å²) in [6, 6.07) is 21.3. The molecule has 5 rings (SSSR count). The molecule has 4 atom stereocenters. The van der Waals surface area contributed by atoms with Crippen LogP contribution in [0.1, 0.15) is 45.6 Å². The fourth-order valence-corrected chi connectivity index (χ4v) is 6.32. The van der Waals surface area contributed by atoms with Crippen molar-refractivity contribution >= 4 is 28.8 Å². The van der Waals surface area contributed by atoms with Crippen molar-refractivity contribution in [2.45, 2.75) is 70.2 Å². The van der Waals surface area contributed by atoms with E-state index >= 15 is 0 Å². The van der Waals surface area contributed by atoms with E-state index in [1.165, 1.54) is 0 Å². The van der Waals surface area contributed by atoms with E-state index in [2.05, 4.69) is 30.2 Å². The van der Waals surface area contributed by atoms with Crippen molar-refractivity contribution in [2.75, 3.05) is 23.8 Å². The molecule has 1 saturated carbocycles. The zero-order chi connectivity index (χ0) is 33.1. The van der Waals surface area contributed by atoms with Crippen LogP contribution >= 0.6 is 0 Å². The van der Waals surface area contributed by atoms with Gasteiger partial charge in [-0.25, -0.2) is 0 Å². The maximum absolute atomic E-state index is 13.9. The van der Waals surface area contributed by atoms with Crippen molar-refractivity contribution in [3.05, 3.63) is 83.3 Å². The monoisotopic (exact) mass is 628 g/mol. The average molecular weight is 629 g/mol. The van der Waals surface area contributed by atoms with E-state index in [1.807, 2.05) is 72.5 Å². The molecule has 2 fully saturated rings. The first-order chi connectivity index (χ1) is 22.0. The van der Waals surface area contributed by atoms with E-state index in [1.54, 1.807) is 6.07 Å². The first kappa shape index (κ1) is 32.6. The Morgan fingerprint density at radius 2 is 1.87 bits per heavy atom. The predicted octanol–water partition coefficient (Wildman–Crippen LogP) is 5.72. The zero-order valence-electron chi connectivity index (χ0n) is 26.3. The third-order valence-electron chi connectivity index (χ3n) is 9.22. The summed E-state index contributed by atoms with van der Waals surface area (Å²) in [7, 11) is 0. The van der Waals surface area contributed by atoms with Crippen molar-refractivity contribution < 1.29 is 29.4 Å². The molecule has 2 unspecified atom stereocenters. The van der Waals surface area contributed by atoms with E-state index in [-0.39, 0.29) is 37.8 Å². The molecule has 1 heterocycles. The number of ether oxygens (including phenoxy) is 2. The molecule has 242 valence electrons. The topological polar surface area (TPSA) is 164 Å². The number of carboxylic acid groups (broad SMARTS) is 1. The summed E-state index contributed by atoms with van der Waals surface area (Å²) < 4.78 is 12.2. The Labute approximate surface area is 268 Å². The zero-order valence-corrected chi connectivity index (χ0v) is 26.3. The van der Waals surface area contributed by atoms with Gasteiger partial charge in [0.25, 0.3) is 0 Å². The summed E-state index contributed by atoms with van der Waals surface area (Å²) in [5, 5.41) is 25.3. The number of nitrogens with zero attached hydrogens (tertiary/aromatic N) is 3. The van der Waals surface area contributed by atoms with Gasteiger partial charge in [0.2, 0.25) is 5.78 Å². The Kier molecular flexibility index (Phi) is 9.43. The molecule has 0 bridgehead atoms. The summed E-state index contributed by atoms with van der Waals surface area (Å²) >= 11 is 0. The molecule has 4 N–H and O–H groups in total. The van der Waals surface area contributed by atoms with E-state index < -0.39 is 34.9 Å². The van der Waals surface area contributed by atoms with Crippen molar-refractivity contribution in [3.8, 4) is 16.9 Å². The Morgan fingerprint density at radius 3 is 2.52 bits per heavy atom. The smallest absolute Gasteiger partial charge is 0.303 e. The van der Waals surface area contributed by atoms with E-state index in [0.29, 0.717) is 30.0 Å². The van der Waals surface area contributed by atoms with Crippen LogP contribution in [0.25, 0.3) is 11.1 Å². The summed E-state index contributed by atoms with van der Waals surface area (Å²) in [5.74, 6) is -0.642. The minimum absolute atomic E-state index is 0.0170. The van der Waals surface area contributed by atoms with Crippen LogP contribution in [0.4, 0.5) is 11.4 Å². The molecule has 1 aliphatic heterocycles. The number of aliphatic carboxylic acids is 1. The number of rotatable bonds is 13. The van der Waals surface area contributed by atoms with Gasteiger partial charge in [0.15, 0.2) is 5.71 Å². The molecular formula is C35H40N4O7. The van der Waals surface area contributed by atoms with Crippen LogP contribution in [0.5, 0.6) is 5.75 Å². The number of Topliss-reactive ketones (excluding diaryl/α,β-unsaturated/α-hetero) is 1. The van der Waals surface area contributed by atoms with Crippen LogP contribution < -0.4 is 15.4 Å². The molecule has 0 aromatic heterocycles. The van der Waals surface area contributed by atoms with Gasteiger partial charge in [0.05, 0.1) is 24.6 Å².